The van der Waals surface area contributed by atoms with E-state index in [1.807, 2.05) is 56.3 Å². The van der Waals surface area contributed by atoms with Gasteiger partial charge < -0.3 is 9.64 Å². The second-order valence-electron chi connectivity index (χ2n) is 10.1. The average molecular weight is 567 g/mol. The molecule has 0 N–H and O–H groups in total. The highest BCUT2D eigenvalue weighted by molar-refractivity contribution is 9.10. The number of halogens is 1. The topological polar surface area (TPSA) is 64.4 Å². The van der Waals surface area contributed by atoms with Gasteiger partial charge in [-0.2, -0.15) is 0 Å². The molecule has 1 aliphatic carbocycles. The van der Waals surface area contributed by atoms with Crippen LogP contribution in [-0.4, -0.2) is 48.0 Å². The molecule has 1 saturated heterocycles. The van der Waals surface area contributed by atoms with Gasteiger partial charge in [0, 0.05) is 41.0 Å². The van der Waals surface area contributed by atoms with Crippen LogP contribution in [0, 0.1) is 19.8 Å². The summed E-state index contributed by atoms with van der Waals surface area (Å²) in [6.07, 6.45) is 4.21. The third kappa shape index (κ3) is 3.86. The molecule has 186 valence electrons. The van der Waals surface area contributed by atoms with Gasteiger partial charge in [-0.1, -0.05) is 17.7 Å². The summed E-state index contributed by atoms with van der Waals surface area (Å²) in [4.78, 5) is 7.19. The zero-order valence-electron chi connectivity index (χ0n) is 20.5. The molecule has 3 atom stereocenters. The molecule has 36 heavy (non-hydrogen) atoms. The van der Waals surface area contributed by atoms with Crippen molar-refractivity contribution in [1.29, 1.82) is 0 Å². The quantitative estimate of drug-likeness (QED) is 0.306. The third-order valence-electron chi connectivity index (χ3n) is 7.64. The van der Waals surface area contributed by atoms with Crippen LogP contribution in [0.2, 0.25) is 0 Å². The van der Waals surface area contributed by atoms with Crippen LogP contribution in [0.5, 0.6) is 5.75 Å². The van der Waals surface area contributed by atoms with E-state index in [0.717, 1.165) is 45.3 Å². The van der Waals surface area contributed by atoms with E-state index in [0.29, 0.717) is 23.3 Å². The highest BCUT2D eigenvalue weighted by Crippen LogP contribution is 2.40. The van der Waals surface area contributed by atoms with E-state index >= 15 is 0 Å². The number of ether oxygens (including phenoxy) is 1. The first-order chi connectivity index (χ1) is 17.2. The van der Waals surface area contributed by atoms with Crippen LogP contribution < -0.4 is 4.74 Å². The third-order valence-corrected chi connectivity index (χ3v) is 10.4. The summed E-state index contributed by atoms with van der Waals surface area (Å²) in [5.41, 5.74) is 3.69. The number of hydrogen-bond donors (Lipinski definition) is 0. The maximum absolute atomic E-state index is 13.9. The number of benzene rings is 2. The summed E-state index contributed by atoms with van der Waals surface area (Å²) in [7, 11) is -1.70. The first-order valence-corrected chi connectivity index (χ1v) is 14.4. The number of hydrogen-bond acceptors (Lipinski definition) is 5. The fraction of sp³-hybridized carbons (Fsp3) is 0.321. The van der Waals surface area contributed by atoms with Gasteiger partial charge in [0.25, 0.3) is 10.0 Å². The molecule has 2 aliphatic rings. The summed E-state index contributed by atoms with van der Waals surface area (Å²) in [5, 5.41) is 0.757. The zero-order chi connectivity index (χ0) is 25.2. The molecular weight excluding hydrogens is 538 g/mol. The highest BCUT2D eigenvalue weighted by Gasteiger charge is 2.44. The number of fused-ring (bicyclic) bond motifs is 3. The van der Waals surface area contributed by atoms with Crippen LogP contribution in [0.15, 0.2) is 70.2 Å². The summed E-state index contributed by atoms with van der Waals surface area (Å²) >= 11 is 3.64. The first-order valence-electron chi connectivity index (χ1n) is 12.2. The molecule has 2 fully saturated rings. The SMILES string of the molecule is Cc1ccc(S(=O)(=O)n2c(-c3ccc(O[C@H]4C[C@@H]5C[C@H]4CN5C)cc3)cc3c(Br)c(C)cnc32)cc1. The van der Waals surface area contributed by atoms with Crippen molar-refractivity contribution in [3.8, 4) is 17.0 Å². The molecule has 8 heteroatoms. The van der Waals surface area contributed by atoms with Gasteiger partial charge in [0.15, 0.2) is 5.65 Å². The largest absolute Gasteiger partial charge is 0.490 e. The maximum atomic E-state index is 13.9. The lowest BCUT2D eigenvalue weighted by atomic mass is 10.1. The van der Waals surface area contributed by atoms with E-state index in [-0.39, 0.29) is 11.0 Å². The van der Waals surface area contributed by atoms with E-state index in [4.69, 9.17) is 4.74 Å². The molecule has 3 heterocycles. The van der Waals surface area contributed by atoms with Crippen LogP contribution in [0.25, 0.3) is 22.3 Å². The monoisotopic (exact) mass is 565 g/mol. The van der Waals surface area contributed by atoms with Crippen molar-refractivity contribution in [1.82, 2.24) is 13.9 Å². The van der Waals surface area contributed by atoms with Gasteiger partial charge in [-0.25, -0.2) is 17.4 Å². The first kappa shape index (κ1) is 23.7. The van der Waals surface area contributed by atoms with Crippen molar-refractivity contribution < 1.29 is 13.2 Å². The standard InChI is InChI=1S/C28H28BrN3O3S/c1-17-4-10-23(11-5-17)36(33,34)32-25(14-24-27(29)18(2)15-30-28(24)32)19-6-8-22(9-7-19)35-26-13-21-12-20(26)16-31(21)3/h4-11,14-15,20-21,26H,12-13,16H2,1-3H3/t20-,21-,26-/m0/s1. The molecule has 4 aromatic rings. The Hall–Kier alpha value is -2.68. The summed E-state index contributed by atoms with van der Waals surface area (Å²) in [6, 6.07) is 17.2. The average Bonchev–Trinajstić information content (AvgIpc) is 3.55. The number of nitrogens with zero attached hydrogens (tertiary/aromatic N) is 3. The van der Waals surface area contributed by atoms with Gasteiger partial charge >= 0.3 is 0 Å². The van der Waals surface area contributed by atoms with Crippen molar-refractivity contribution in [2.75, 3.05) is 13.6 Å². The smallest absolute Gasteiger partial charge is 0.269 e. The number of aromatic nitrogens is 2. The Balaban J connectivity index is 1.41. The van der Waals surface area contributed by atoms with Crippen molar-refractivity contribution in [2.45, 2.75) is 43.7 Å². The minimum Gasteiger partial charge on any atom is -0.490 e. The molecule has 1 aliphatic heterocycles. The van der Waals surface area contributed by atoms with E-state index in [2.05, 4.69) is 32.9 Å². The second kappa shape index (κ2) is 8.71. The van der Waals surface area contributed by atoms with Gasteiger partial charge in [0.2, 0.25) is 0 Å². The molecular formula is C28H28BrN3O3S. The molecule has 0 unspecified atom stereocenters. The molecule has 2 aromatic carbocycles. The Labute approximate surface area is 220 Å². The minimum atomic E-state index is -3.89. The highest BCUT2D eigenvalue weighted by atomic mass is 79.9. The number of pyridine rings is 1. The fourth-order valence-corrected chi connectivity index (χ4v) is 7.48. The summed E-state index contributed by atoms with van der Waals surface area (Å²) in [6.45, 7) is 4.97. The summed E-state index contributed by atoms with van der Waals surface area (Å²) in [5.74, 6) is 1.40. The lowest BCUT2D eigenvalue weighted by molar-refractivity contribution is 0.105. The van der Waals surface area contributed by atoms with Gasteiger partial charge in [-0.3, -0.25) is 0 Å². The minimum absolute atomic E-state index is 0.228. The van der Waals surface area contributed by atoms with Gasteiger partial charge in [0.05, 0.1) is 10.6 Å². The summed E-state index contributed by atoms with van der Waals surface area (Å²) < 4.78 is 36.3. The normalized spacial score (nSPS) is 21.9. The van der Waals surface area contributed by atoms with Crippen LogP contribution >= 0.6 is 15.9 Å². The number of piperidine rings is 1. The number of likely N-dealkylation sites (tertiary alicyclic amines) is 1. The van der Waals surface area contributed by atoms with Crippen molar-refractivity contribution in [3.05, 3.63) is 76.4 Å². The molecule has 1 saturated carbocycles. The van der Waals surface area contributed by atoms with Gasteiger partial charge in [0.1, 0.15) is 11.9 Å². The van der Waals surface area contributed by atoms with Crippen molar-refractivity contribution in [3.63, 3.8) is 0 Å². The van der Waals surface area contributed by atoms with E-state index in [1.165, 1.54) is 10.4 Å². The molecule has 2 aromatic heterocycles. The number of aryl methyl sites for hydroxylation is 2. The molecule has 6 nitrogen and oxygen atoms in total. The Morgan fingerprint density at radius 1 is 1.03 bits per heavy atom. The van der Waals surface area contributed by atoms with E-state index < -0.39 is 10.0 Å². The predicted molar refractivity (Wildman–Crippen MR) is 145 cm³/mol. The van der Waals surface area contributed by atoms with E-state index in [1.54, 1.807) is 18.3 Å². The van der Waals surface area contributed by atoms with Crippen molar-refractivity contribution in [2.24, 2.45) is 5.92 Å². The zero-order valence-corrected chi connectivity index (χ0v) is 22.9. The molecule has 0 spiro atoms. The van der Waals surface area contributed by atoms with Gasteiger partial charge in [-0.05, 0) is 96.8 Å². The molecule has 2 bridgehead atoms. The molecule has 0 amide bonds. The van der Waals surface area contributed by atoms with Gasteiger partial charge in [-0.15, -0.1) is 0 Å². The fourth-order valence-electron chi connectivity index (χ4n) is 5.61. The second-order valence-corrected chi connectivity index (χ2v) is 12.7. The lowest BCUT2D eigenvalue weighted by Gasteiger charge is -2.28. The Morgan fingerprint density at radius 3 is 2.39 bits per heavy atom. The Bertz CT molecular complexity index is 1560. The Morgan fingerprint density at radius 2 is 1.75 bits per heavy atom. The maximum Gasteiger partial charge on any atom is 0.269 e. The lowest BCUT2D eigenvalue weighted by Crippen LogP contribution is -2.37. The predicted octanol–water partition coefficient (Wildman–Crippen LogP) is 5.79. The van der Waals surface area contributed by atoms with Crippen LogP contribution in [0.3, 0.4) is 0 Å². The van der Waals surface area contributed by atoms with Crippen molar-refractivity contribution >= 4 is 37.0 Å². The molecule has 6 rings (SSSR count). The van der Waals surface area contributed by atoms with E-state index in [9.17, 15) is 8.42 Å². The molecule has 0 radical (unpaired) electrons. The number of rotatable bonds is 5. The van der Waals surface area contributed by atoms with Crippen LogP contribution in [0.1, 0.15) is 24.0 Å². The van der Waals surface area contributed by atoms with Crippen LogP contribution in [-0.2, 0) is 10.0 Å². The Kier molecular flexibility index (Phi) is 5.74. The van der Waals surface area contributed by atoms with Crippen LogP contribution in [0.4, 0.5) is 0 Å².